The van der Waals surface area contributed by atoms with Gasteiger partial charge in [-0.3, -0.25) is 0 Å². The van der Waals surface area contributed by atoms with Crippen molar-refractivity contribution in [2.45, 2.75) is 6.42 Å². The molecular weight excluding hydrogens is 248 g/mol. The van der Waals surface area contributed by atoms with Crippen LogP contribution in [-0.2, 0) is 6.42 Å². The SMILES string of the molecule is Oc1ccc(CCNc2nccc3ccccc23)cc1. The van der Waals surface area contributed by atoms with Crippen LogP contribution in [0.4, 0.5) is 5.82 Å². The van der Waals surface area contributed by atoms with E-state index in [4.69, 9.17) is 0 Å². The number of aromatic nitrogens is 1. The Labute approximate surface area is 117 Å². The zero-order chi connectivity index (χ0) is 13.8. The number of aromatic hydroxyl groups is 1. The Hall–Kier alpha value is -2.55. The van der Waals surface area contributed by atoms with E-state index in [1.54, 1.807) is 12.1 Å². The smallest absolute Gasteiger partial charge is 0.133 e. The van der Waals surface area contributed by atoms with Crippen LogP contribution in [0.15, 0.2) is 60.8 Å². The highest BCUT2D eigenvalue weighted by molar-refractivity contribution is 5.91. The third-order valence-corrected chi connectivity index (χ3v) is 3.32. The number of nitrogens with one attached hydrogen (secondary N) is 1. The number of nitrogens with zero attached hydrogens (tertiary/aromatic N) is 1. The van der Waals surface area contributed by atoms with E-state index in [2.05, 4.69) is 22.4 Å². The standard InChI is InChI=1S/C17H16N2O/c20-15-7-5-13(6-8-15)9-11-18-17-16-4-2-1-3-14(16)10-12-19-17/h1-8,10,12,20H,9,11H2,(H,18,19). The Kier molecular flexibility index (Phi) is 3.50. The lowest BCUT2D eigenvalue weighted by Crippen LogP contribution is -2.06. The molecule has 2 aromatic carbocycles. The Morgan fingerprint density at radius 2 is 1.75 bits per heavy atom. The third kappa shape index (κ3) is 2.72. The van der Waals surface area contributed by atoms with E-state index in [1.807, 2.05) is 36.5 Å². The zero-order valence-corrected chi connectivity index (χ0v) is 11.1. The molecule has 1 aromatic heterocycles. The molecule has 0 unspecified atom stereocenters. The maximum Gasteiger partial charge on any atom is 0.133 e. The second-order valence-electron chi connectivity index (χ2n) is 4.72. The van der Waals surface area contributed by atoms with Crippen LogP contribution in [0.3, 0.4) is 0 Å². The van der Waals surface area contributed by atoms with Gasteiger partial charge in [0.1, 0.15) is 11.6 Å². The van der Waals surface area contributed by atoms with Crippen molar-refractivity contribution < 1.29 is 5.11 Å². The van der Waals surface area contributed by atoms with Gasteiger partial charge in [-0.05, 0) is 35.6 Å². The third-order valence-electron chi connectivity index (χ3n) is 3.32. The minimum absolute atomic E-state index is 0.303. The summed E-state index contributed by atoms with van der Waals surface area (Å²) in [7, 11) is 0. The predicted molar refractivity (Wildman–Crippen MR) is 82.0 cm³/mol. The maximum atomic E-state index is 9.25. The Bertz CT molecular complexity index is 702. The van der Waals surface area contributed by atoms with Gasteiger partial charge in [-0.25, -0.2) is 4.98 Å². The molecule has 20 heavy (non-hydrogen) atoms. The van der Waals surface area contributed by atoms with Crippen molar-refractivity contribution in [3.63, 3.8) is 0 Å². The van der Waals surface area contributed by atoms with Crippen LogP contribution in [0.5, 0.6) is 5.75 Å². The number of rotatable bonds is 4. The van der Waals surface area contributed by atoms with E-state index in [9.17, 15) is 5.11 Å². The molecule has 0 saturated carbocycles. The molecule has 0 atom stereocenters. The number of pyridine rings is 1. The van der Waals surface area contributed by atoms with Gasteiger partial charge in [0.15, 0.2) is 0 Å². The van der Waals surface area contributed by atoms with Crippen molar-refractivity contribution in [2.24, 2.45) is 0 Å². The van der Waals surface area contributed by atoms with Crippen LogP contribution in [0.1, 0.15) is 5.56 Å². The van der Waals surface area contributed by atoms with Crippen molar-refractivity contribution in [3.05, 3.63) is 66.4 Å². The number of phenolic OH excluding ortho intramolecular Hbond substituents is 1. The van der Waals surface area contributed by atoms with Crippen LogP contribution in [0.25, 0.3) is 10.8 Å². The lowest BCUT2D eigenvalue weighted by Gasteiger charge is -2.08. The number of phenols is 1. The summed E-state index contributed by atoms with van der Waals surface area (Å²) < 4.78 is 0. The second kappa shape index (κ2) is 5.61. The van der Waals surface area contributed by atoms with Gasteiger partial charge in [-0.15, -0.1) is 0 Å². The maximum absolute atomic E-state index is 9.25. The number of benzene rings is 2. The number of hydrogen-bond donors (Lipinski definition) is 2. The van der Waals surface area contributed by atoms with Crippen molar-refractivity contribution in [1.29, 1.82) is 0 Å². The number of anilines is 1. The van der Waals surface area contributed by atoms with Gasteiger partial charge < -0.3 is 10.4 Å². The molecule has 0 aliphatic heterocycles. The van der Waals surface area contributed by atoms with Gasteiger partial charge in [0.05, 0.1) is 0 Å². The number of fused-ring (bicyclic) bond motifs is 1. The van der Waals surface area contributed by atoms with Gasteiger partial charge >= 0.3 is 0 Å². The molecule has 0 radical (unpaired) electrons. The molecule has 100 valence electrons. The highest BCUT2D eigenvalue weighted by Gasteiger charge is 2.01. The quantitative estimate of drug-likeness (QED) is 0.757. The molecule has 1 heterocycles. The first-order valence-corrected chi connectivity index (χ1v) is 6.68. The molecule has 0 amide bonds. The summed E-state index contributed by atoms with van der Waals surface area (Å²) in [4.78, 5) is 4.40. The van der Waals surface area contributed by atoms with Gasteiger partial charge in [-0.1, -0.05) is 36.4 Å². The van der Waals surface area contributed by atoms with E-state index in [-0.39, 0.29) is 0 Å². The largest absolute Gasteiger partial charge is 0.508 e. The summed E-state index contributed by atoms with van der Waals surface area (Å²) in [6.45, 7) is 0.811. The lowest BCUT2D eigenvalue weighted by atomic mass is 10.1. The molecule has 3 rings (SSSR count). The minimum Gasteiger partial charge on any atom is -0.508 e. The van der Waals surface area contributed by atoms with Gasteiger partial charge in [0.25, 0.3) is 0 Å². The monoisotopic (exact) mass is 264 g/mol. The van der Waals surface area contributed by atoms with Gasteiger partial charge in [0, 0.05) is 18.1 Å². The van der Waals surface area contributed by atoms with E-state index < -0.39 is 0 Å². The van der Waals surface area contributed by atoms with E-state index >= 15 is 0 Å². The normalized spacial score (nSPS) is 10.6. The Morgan fingerprint density at radius 3 is 2.60 bits per heavy atom. The molecule has 0 saturated heterocycles. The number of hydrogen-bond acceptors (Lipinski definition) is 3. The molecular formula is C17H16N2O. The highest BCUT2D eigenvalue weighted by Crippen LogP contribution is 2.20. The van der Waals surface area contributed by atoms with Gasteiger partial charge in [-0.2, -0.15) is 0 Å². The fourth-order valence-corrected chi connectivity index (χ4v) is 2.25. The first-order chi connectivity index (χ1) is 9.83. The van der Waals surface area contributed by atoms with Crippen molar-refractivity contribution in [2.75, 3.05) is 11.9 Å². The average Bonchev–Trinajstić information content (AvgIpc) is 2.49. The molecule has 0 spiro atoms. The Morgan fingerprint density at radius 1 is 0.950 bits per heavy atom. The minimum atomic E-state index is 0.303. The summed E-state index contributed by atoms with van der Waals surface area (Å²) in [6.07, 6.45) is 2.72. The summed E-state index contributed by atoms with van der Waals surface area (Å²) in [5.74, 6) is 1.22. The lowest BCUT2D eigenvalue weighted by molar-refractivity contribution is 0.475. The molecule has 3 nitrogen and oxygen atoms in total. The molecule has 0 bridgehead atoms. The summed E-state index contributed by atoms with van der Waals surface area (Å²) in [6, 6.07) is 17.5. The van der Waals surface area contributed by atoms with Crippen LogP contribution < -0.4 is 5.32 Å². The summed E-state index contributed by atoms with van der Waals surface area (Å²) in [5, 5.41) is 15.0. The van der Waals surface area contributed by atoms with E-state index in [1.165, 1.54) is 10.9 Å². The first-order valence-electron chi connectivity index (χ1n) is 6.68. The van der Waals surface area contributed by atoms with E-state index in [0.717, 1.165) is 24.2 Å². The summed E-state index contributed by atoms with van der Waals surface area (Å²) in [5.41, 5.74) is 1.19. The van der Waals surface area contributed by atoms with Gasteiger partial charge in [0.2, 0.25) is 0 Å². The highest BCUT2D eigenvalue weighted by atomic mass is 16.3. The molecule has 0 fully saturated rings. The second-order valence-corrected chi connectivity index (χ2v) is 4.72. The van der Waals surface area contributed by atoms with Crippen molar-refractivity contribution >= 4 is 16.6 Å². The van der Waals surface area contributed by atoms with E-state index in [0.29, 0.717) is 5.75 Å². The fraction of sp³-hybridized carbons (Fsp3) is 0.118. The average molecular weight is 264 g/mol. The Balaban J connectivity index is 1.69. The van der Waals surface area contributed by atoms with Crippen molar-refractivity contribution in [1.82, 2.24) is 4.98 Å². The molecule has 0 aliphatic carbocycles. The summed E-state index contributed by atoms with van der Waals surface area (Å²) >= 11 is 0. The molecule has 3 heteroatoms. The fourth-order valence-electron chi connectivity index (χ4n) is 2.25. The van der Waals surface area contributed by atoms with Crippen molar-refractivity contribution in [3.8, 4) is 5.75 Å². The predicted octanol–water partition coefficient (Wildman–Crippen LogP) is 3.60. The van der Waals surface area contributed by atoms with Crippen LogP contribution in [-0.4, -0.2) is 16.6 Å². The molecule has 0 aliphatic rings. The first kappa shape index (κ1) is 12.5. The topological polar surface area (TPSA) is 45.1 Å². The molecule has 3 aromatic rings. The molecule has 2 N–H and O–H groups in total. The van der Waals surface area contributed by atoms with Crippen LogP contribution >= 0.6 is 0 Å². The van der Waals surface area contributed by atoms with Crippen LogP contribution in [0.2, 0.25) is 0 Å². The zero-order valence-electron chi connectivity index (χ0n) is 11.1. The van der Waals surface area contributed by atoms with Crippen LogP contribution in [0, 0.1) is 0 Å².